The summed E-state index contributed by atoms with van der Waals surface area (Å²) in [6.07, 6.45) is 0. The molecular weight excluding hydrogens is 378 g/mol. The second-order valence-corrected chi connectivity index (χ2v) is 13.4. The summed E-state index contributed by atoms with van der Waals surface area (Å²) in [5, 5.41) is 3.37. The number of hydrogen-bond donors (Lipinski definition) is 0. The Balaban J connectivity index is 1.58. The summed E-state index contributed by atoms with van der Waals surface area (Å²) < 4.78 is 5.82. The van der Waals surface area contributed by atoms with Crippen molar-refractivity contribution >= 4 is 36.6 Å². The molecule has 0 atom stereocenters. The zero-order chi connectivity index (χ0) is 18.4. The topological polar surface area (TPSA) is 22.1 Å². The summed E-state index contributed by atoms with van der Waals surface area (Å²) in [7, 11) is -1.49. The number of halogens is 1. The summed E-state index contributed by atoms with van der Waals surface area (Å²) >= 11 is 7.95. The third-order valence-electron chi connectivity index (χ3n) is 4.09. The van der Waals surface area contributed by atoms with Gasteiger partial charge in [0.2, 0.25) is 5.88 Å². The number of aromatic nitrogens is 1. The van der Waals surface area contributed by atoms with E-state index in [0.717, 1.165) is 27.6 Å². The Hall–Kier alpha value is -1.75. The first-order chi connectivity index (χ1) is 12.5. The van der Waals surface area contributed by atoms with Gasteiger partial charge in [0.15, 0.2) is 0 Å². The molecule has 0 N–H and O–H groups in total. The molecule has 1 aromatic heterocycles. The van der Waals surface area contributed by atoms with Crippen LogP contribution in [-0.4, -0.2) is 18.4 Å². The number of rotatable bonds is 7. The molecule has 0 amide bonds. The maximum Gasteiger partial charge on any atom is 0.219 e. The molecule has 0 fully saturated rings. The van der Waals surface area contributed by atoms with Crippen LogP contribution in [0.15, 0.2) is 72.8 Å². The molecule has 2 aromatic carbocycles. The molecule has 0 aliphatic heterocycles. The quantitative estimate of drug-likeness (QED) is 0.460. The van der Waals surface area contributed by atoms with Gasteiger partial charge in [-0.1, -0.05) is 66.3 Å². The third kappa shape index (κ3) is 5.37. The lowest BCUT2D eigenvalue weighted by Crippen LogP contribution is -2.44. The molecule has 0 unspecified atom stereocenters. The van der Waals surface area contributed by atoms with Gasteiger partial charge in [-0.15, -0.1) is 0 Å². The number of hydrogen-bond acceptors (Lipinski definition) is 3. The van der Waals surface area contributed by atoms with Gasteiger partial charge in [0.05, 0.1) is 13.8 Å². The zero-order valence-corrected chi connectivity index (χ0v) is 17.6. The van der Waals surface area contributed by atoms with E-state index in [-0.39, 0.29) is 0 Å². The molecular formula is C21H22ClNOSSi. The number of para-hydroxylation sites is 1. The SMILES string of the molecule is C[Si](C)(CSCc1cccc(Oc2ccccc2)n1)c1ccc(Cl)cc1. The van der Waals surface area contributed by atoms with Crippen LogP contribution in [0.3, 0.4) is 0 Å². The van der Waals surface area contributed by atoms with Crippen molar-refractivity contribution in [1.29, 1.82) is 0 Å². The molecule has 0 saturated heterocycles. The van der Waals surface area contributed by atoms with Gasteiger partial charge in [0.25, 0.3) is 0 Å². The Labute approximate surface area is 165 Å². The number of ether oxygens (including phenoxy) is 1. The Morgan fingerprint density at radius 3 is 2.38 bits per heavy atom. The Kier molecular flexibility index (Phi) is 6.41. The van der Waals surface area contributed by atoms with E-state index in [1.807, 2.05) is 66.4 Å². The molecule has 0 bridgehead atoms. The van der Waals surface area contributed by atoms with Crippen LogP contribution in [0.5, 0.6) is 11.6 Å². The zero-order valence-electron chi connectivity index (χ0n) is 15.0. The molecule has 26 heavy (non-hydrogen) atoms. The molecule has 0 saturated carbocycles. The second-order valence-electron chi connectivity index (χ2n) is 6.77. The van der Waals surface area contributed by atoms with Crippen molar-refractivity contribution in [3.8, 4) is 11.6 Å². The first-order valence-electron chi connectivity index (χ1n) is 8.55. The standard InChI is InChI=1S/C21H22ClNOSSi/c1-26(2,20-13-11-17(22)12-14-20)16-25-15-18-7-6-10-21(23-18)24-19-8-4-3-5-9-19/h3-14H,15-16H2,1-2H3. The minimum atomic E-state index is -1.49. The van der Waals surface area contributed by atoms with Crippen molar-refractivity contribution in [2.45, 2.75) is 18.8 Å². The molecule has 2 nitrogen and oxygen atoms in total. The summed E-state index contributed by atoms with van der Waals surface area (Å²) in [6.45, 7) is 4.79. The van der Waals surface area contributed by atoms with E-state index < -0.39 is 8.07 Å². The van der Waals surface area contributed by atoms with Gasteiger partial charge in [0, 0.05) is 16.8 Å². The molecule has 134 valence electrons. The summed E-state index contributed by atoms with van der Waals surface area (Å²) in [5.74, 6) is 2.33. The molecule has 0 spiro atoms. The van der Waals surface area contributed by atoms with E-state index in [2.05, 4.69) is 36.3 Å². The van der Waals surface area contributed by atoms with E-state index in [4.69, 9.17) is 16.3 Å². The van der Waals surface area contributed by atoms with E-state index in [1.165, 1.54) is 5.19 Å². The van der Waals surface area contributed by atoms with Crippen LogP contribution >= 0.6 is 23.4 Å². The largest absolute Gasteiger partial charge is 0.439 e. The Morgan fingerprint density at radius 1 is 0.923 bits per heavy atom. The summed E-state index contributed by atoms with van der Waals surface area (Å²) in [4.78, 5) is 4.63. The van der Waals surface area contributed by atoms with Gasteiger partial charge in [-0.2, -0.15) is 11.8 Å². The van der Waals surface area contributed by atoms with Gasteiger partial charge < -0.3 is 4.74 Å². The van der Waals surface area contributed by atoms with Crippen LogP contribution in [0.1, 0.15) is 5.69 Å². The lowest BCUT2D eigenvalue weighted by Gasteiger charge is -2.22. The maximum atomic E-state index is 6.01. The van der Waals surface area contributed by atoms with E-state index in [0.29, 0.717) is 5.88 Å². The van der Waals surface area contributed by atoms with Crippen molar-refractivity contribution in [2.75, 3.05) is 5.38 Å². The molecule has 0 aliphatic carbocycles. The lowest BCUT2D eigenvalue weighted by atomic mass is 10.3. The fourth-order valence-electron chi connectivity index (χ4n) is 2.60. The van der Waals surface area contributed by atoms with Crippen LogP contribution in [0.2, 0.25) is 18.1 Å². The number of benzene rings is 2. The molecule has 0 radical (unpaired) electrons. The van der Waals surface area contributed by atoms with Crippen molar-refractivity contribution in [1.82, 2.24) is 4.98 Å². The number of thioether (sulfide) groups is 1. The van der Waals surface area contributed by atoms with Crippen LogP contribution in [0.4, 0.5) is 0 Å². The van der Waals surface area contributed by atoms with Crippen molar-refractivity contribution in [2.24, 2.45) is 0 Å². The summed E-state index contributed by atoms with van der Waals surface area (Å²) in [5.41, 5.74) is 1.05. The monoisotopic (exact) mass is 399 g/mol. The Morgan fingerprint density at radius 2 is 1.65 bits per heavy atom. The van der Waals surface area contributed by atoms with E-state index >= 15 is 0 Å². The number of nitrogens with zero attached hydrogens (tertiary/aromatic N) is 1. The normalized spacial score (nSPS) is 11.3. The van der Waals surface area contributed by atoms with Gasteiger partial charge in [-0.3, -0.25) is 0 Å². The van der Waals surface area contributed by atoms with Gasteiger partial charge >= 0.3 is 0 Å². The van der Waals surface area contributed by atoms with Gasteiger partial charge in [-0.05, 0) is 35.7 Å². The first-order valence-corrected chi connectivity index (χ1v) is 13.3. The minimum absolute atomic E-state index is 0.642. The molecule has 3 aromatic rings. The average Bonchev–Trinajstić information content (AvgIpc) is 2.63. The van der Waals surface area contributed by atoms with Crippen molar-refractivity contribution in [3.63, 3.8) is 0 Å². The number of pyridine rings is 1. The van der Waals surface area contributed by atoms with Crippen LogP contribution in [0, 0.1) is 0 Å². The van der Waals surface area contributed by atoms with Crippen molar-refractivity contribution in [3.05, 3.63) is 83.5 Å². The third-order valence-corrected chi connectivity index (χ3v) is 10.4. The Bertz CT molecular complexity index is 840. The summed E-state index contributed by atoms with van der Waals surface area (Å²) in [6, 6.07) is 24.0. The van der Waals surface area contributed by atoms with Gasteiger partial charge in [-0.25, -0.2) is 4.98 Å². The minimum Gasteiger partial charge on any atom is -0.439 e. The first kappa shape index (κ1) is 19.0. The molecule has 3 rings (SSSR count). The maximum absolute atomic E-state index is 6.01. The molecule has 1 heterocycles. The van der Waals surface area contributed by atoms with Crippen LogP contribution in [0.25, 0.3) is 0 Å². The predicted octanol–water partition coefficient (Wildman–Crippen LogP) is 5.92. The smallest absolute Gasteiger partial charge is 0.219 e. The average molecular weight is 400 g/mol. The highest BCUT2D eigenvalue weighted by Crippen LogP contribution is 2.22. The highest BCUT2D eigenvalue weighted by atomic mass is 35.5. The fourth-order valence-corrected chi connectivity index (χ4v) is 7.28. The second kappa shape index (κ2) is 8.76. The van der Waals surface area contributed by atoms with Crippen molar-refractivity contribution < 1.29 is 4.74 Å². The highest BCUT2D eigenvalue weighted by Gasteiger charge is 2.23. The molecule has 5 heteroatoms. The van der Waals surface area contributed by atoms with E-state index in [1.54, 1.807) is 0 Å². The lowest BCUT2D eigenvalue weighted by molar-refractivity contribution is 0.461. The predicted molar refractivity (Wildman–Crippen MR) is 115 cm³/mol. The highest BCUT2D eigenvalue weighted by molar-refractivity contribution is 8.00. The molecule has 0 aliphatic rings. The van der Waals surface area contributed by atoms with E-state index in [9.17, 15) is 0 Å². The fraction of sp³-hybridized carbons (Fsp3) is 0.190. The van der Waals surface area contributed by atoms with Gasteiger partial charge in [0.1, 0.15) is 5.75 Å². The van der Waals surface area contributed by atoms with Crippen LogP contribution < -0.4 is 9.92 Å². The van der Waals surface area contributed by atoms with Crippen LogP contribution in [-0.2, 0) is 5.75 Å².